The molecule has 0 saturated heterocycles. The van der Waals surface area contributed by atoms with E-state index in [-0.39, 0.29) is 10.9 Å². The molecular formula is C11H7F3O2. The lowest BCUT2D eigenvalue weighted by molar-refractivity contribution is -0.127. The van der Waals surface area contributed by atoms with Crippen molar-refractivity contribution in [2.45, 2.75) is 12.6 Å². The van der Waals surface area contributed by atoms with Crippen LogP contribution in [0.15, 0.2) is 39.7 Å². The third-order valence-electron chi connectivity index (χ3n) is 2.14. The molecule has 0 radical (unpaired) electrons. The molecule has 0 N–H and O–H groups in total. The molecule has 84 valence electrons. The van der Waals surface area contributed by atoms with Crippen LogP contribution in [0.1, 0.15) is 5.56 Å². The fourth-order valence-electron chi connectivity index (χ4n) is 1.46. The van der Waals surface area contributed by atoms with Crippen molar-refractivity contribution < 1.29 is 17.6 Å². The Labute approximate surface area is 88.3 Å². The molecule has 0 aliphatic carbocycles. The summed E-state index contributed by atoms with van der Waals surface area (Å²) in [4.78, 5) is 11.6. The van der Waals surface area contributed by atoms with Crippen molar-refractivity contribution in [3.05, 3.63) is 46.3 Å². The van der Waals surface area contributed by atoms with Gasteiger partial charge in [0.25, 0.3) is 0 Å². The van der Waals surface area contributed by atoms with E-state index in [0.29, 0.717) is 5.58 Å². The van der Waals surface area contributed by atoms with Crippen molar-refractivity contribution >= 4 is 11.0 Å². The third kappa shape index (κ3) is 2.08. The highest BCUT2D eigenvalue weighted by molar-refractivity contribution is 5.76. The number of alkyl halides is 3. The van der Waals surface area contributed by atoms with Crippen LogP contribution >= 0.6 is 0 Å². The topological polar surface area (TPSA) is 30.2 Å². The maximum atomic E-state index is 12.1. The molecule has 2 rings (SSSR count). The summed E-state index contributed by atoms with van der Waals surface area (Å²) < 4.78 is 41.4. The van der Waals surface area contributed by atoms with Gasteiger partial charge in [-0.05, 0) is 12.1 Å². The Balaban J connectivity index is 2.57. The number of benzene rings is 1. The minimum absolute atomic E-state index is 0.171. The van der Waals surface area contributed by atoms with E-state index in [1.165, 1.54) is 12.1 Å². The quantitative estimate of drug-likeness (QED) is 0.751. The van der Waals surface area contributed by atoms with Crippen LogP contribution in [-0.2, 0) is 6.42 Å². The minimum atomic E-state index is -4.41. The van der Waals surface area contributed by atoms with E-state index in [0.717, 1.165) is 6.26 Å². The Bertz CT molecular complexity index is 569. The first kappa shape index (κ1) is 10.7. The number of rotatable bonds is 1. The van der Waals surface area contributed by atoms with E-state index in [9.17, 15) is 18.0 Å². The maximum Gasteiger partial charge on any atom is 0.393 e. The van der Waals surface area contributed by atoms with Crippen LogP contribution in [0.4, 0.5) is 13.2 Å². The molecule has 0 spiro atoms. The number of halogens is 3. The first-order valence-corrected chi connectivity index (χ1v) is 4.53. The lowest BCUT2D eigenvalue weighted by atomic mass is 10.1. The summed E-state index contributed by atoms with van der Waals surface area (Å²) in [6.45, 7) is 0. The Morgan fingerprint density at radius 3 is 2.56 bits per heavy atom. The van der Waals surface area contributed by atoms with Crippen molar-refractivity contribution in [1.29, 1.82) is 0 Å². The predicted molar refractivity (Wildman–Crippen MR) is 52.2 cm³/mol. The van der Waals surface area contributed by atoms with Gasteiger partial charge in [-0.3, -0.25) is 4.79 Å². The molecule has 1 aromatic heterocycles. The van der Waals surface area contributed by atoms with Gasteiger partial charge in [-0.15, -0.1) is 0 Å². The van der Waals surface area contributed by atoms with Crippen molar-refractivity contribution in [3.63, 3.8) is 0 Å². The smallest absolute Gasteiger partial charge is 0.393 e. The fraction of sp³-hybridized carbons (Fsp3) is 0.182. The highest BCUT2D eigenvalue weighted by Crippen LogP contribution is 2.20. The molecule has 1 aromatic carbocycles. The van der Waals surface area contributed by atoms with E-state index in [1.807, 2.05) is 0 Å². The molecule has 0 fully saturated rings. The summed E-state index contributed by atoms with van der Waals surface area (Å²) in [5.74, 6) is 0. The van der Waals surface area contributed by atoms with Crippen molar-refractivity contribution in [1.82, 2.24) is 0 Å². The highest BCUT2D eigenvalue weighted by Gasteiger charge is 2.29. The Morgan fingerprint density at radius 2 is 1.88 bits per heavy atom. The van der Waals surface area contributed by atoms with Crippen LogP contribution in [-0.4, -0.2) is 6.18 Å². The average Bonchev–Trinajstić information content (AvgIpc) is 2.21. The van der Waals surface area contributed by atoms with Crippen LogP contribution in [0.25, 0.3) is 11.0 Å². The summed E-state index contributed by atoms with van der Waals surface area (Å²) in [5.41, 5.74) is -0.705. The zero-order valence-corrected chi connectivity index (χ0v) is 8.04. The normalized spacial score (nSPS) is 11.9. The van der Waals surface area contributed by atoms with Crippen LogP contribution in [0.2, 0.25) is 0 Å². The molecule has 2 aromatic rings. The summed E-state index contributed by atoms with van der Waals surface area (Å²) >= 11 is 0. The van der Waals surface area contributed by atoms with Crippen molar-refractivity contribution in [3.8, 4) is 0 Å². The zero-order chi connectivity index (χ0) is 11.8. The van der Waals surface area contributed by atoms with Crippen LogP contribution in [0.3, 0.4) is 0 Å². The van der Waals surface area contributed by atoms with E-state index in [1.54, 1.807) is 12.1 Å². The second-order valence-corrected chi connectivity index (χ2v) is 3.38. The molecular weight excluding hydrogens is 221 g/mol. The van der Waals surface area contributed by atoms with E-state index < -0.39 is 18.0 Å². The van der Waals surface area contributed by atoms with E-state index >= 15 is 0 Å². The van der Waals surface area contributed by atoms with Gasteiger partial charge in [0.1, 0.15) is 5.58 Å². The monoisotopic (exact) mass is 228 g/mol. The minimum Gasteiger partial charge on any atom is -0.464 e. The van der Waals surface area contributed by atoms with Gasteiger partial charge in [0, 0.05) is 5.56 Å². The number of hydrogen-bond acceptors (Lipinski definition) is 2. The van der Waals surface area contributed by atoms with Gasteiger partial charge in [0.2, 0.25) is 0 Å². The summed E-state index contributed by atoms with van der Waals surface area (Å²) in [7, 11) is 0. The average molecular weight is 228 g/mol. The SMILES string of the molecule is O=c1c(CC(F)(F)F)coc2ccccc12. The van der Waals surface area contributed by atoms with Crippen LogP contribution < -0.4 is 5.43 Å². The first-order valence-electron chi connectivity index (χ1n) is 4.53. The van der Waals surface area contributed by atoms with E-state index in [2.05, 4.69) is 0 Å². The summed E-state index contributed by atoms with van der Waals surface area (Å²) in [5, 5.41) is 0.171. The second kappa shape index (κ2) is 3.66. The molecule has 5 heteroatoms. The third-order valence-corrected chi connectivity index (χ3v) is 2.14. The van der Waals surface area contributed by atoms with Crippen molar-refractivity contribution in [2.75, 3.05) is 0 Å². The Hall–Kier alpha value is -1.78. The Kier molecular flexibility index (Phi) is 2.46. The van der Waals surface area contributed by atoms with Gasteiger partial charge in [-0.2, -0.15) is 13.2 Å². The first-order chi connectivity index (χ1) is 7.47. The Morgan fingerprint density at radius 1 is 1.19 bits per heavy atom. The molecule has 0 saturated carbocycles. The standard InChI is InChI=1S/C11H7F3O2/c12-11(13,14)5-7-6-16-9-4-2-1-3-8(9)10(7)15/h1-4,6H,5H2. The number of hydrogen-bond donors (Lipinski definition) is 0. The van der Waals surface area contributed by atoms with E-state index in [4.69, 9.17) is 4.42 Å². The largest absolute Gasteiger partial charge is 0.464 e. The van der Waals surface area contributed by atoms with Gasteiger partial charge in [0.15, 0.2) is 5.43 Å². The fourth-order valence-corrected chi connectivity index (χ4v) is 1.46. The second-order valence-electron chi connectivity index (χ2n) is 3.38. The molecule has 0 bridgehead atoms. The number of fused-ring (bicyclic) bond motifs is 1. The van der Waals surface area contributed by atoms with Gasteiger partial charge in [-0.1, -0.05) is 12.1 Å². The van der Waals surface area contributed by atoms with Gasteiger partial charge in [-0.25, -0.2) is 0 Å². The predicted octanol–water partition coefficient (Wildman–Crippen LogP) is 2.90. The number of para-hydroxylation sites is 1. The highest BCUT2D eigenvalue weighted by atomic mass is 19.4. The molecule has 0 atom stereocenters. The lowest BCUT2D eigenvalue weighted by Crippen LogP contribution is -2.18. The molecule has 2 nitrogen and oxygen atoms in total. The van der Waals surface area contributed by atoms with Gasteiger partial charge in [0.05, 0.1) is 18.1 Å². The van der Waals surface area contributed by atoms with Gasteiger partial charge >= 0.3 is 6.18 Å². The van der Waals surface area contributed by atoms with Crippen LogP contribution in [0.5, 0.6) is 0 Å². The molecule has 0 unspecified atom stereocenters. The molecule has 1 heterocycles. The lowest BCUT2D eigenvalue weighted by Gasteiger charge is -2.05. The van der Waals surface area contributed by atoms with Gasteiger partial charge < -0.3 is 4.42 Å². The summed E-state index contributed by atoms with van der Waals surface area (Å²) in [6, 6.07) is 6.21. The summed E-state index contributed by atoms with van der Waals surface area (Å²) in [6.07, 6.45) is -4.80. The van der Waals surface area contributed by atoms with Crippen molar-refractivity contribution in [2.24, 2.45) is 0 Å². The zero-order valence-electron chi connectivity index (χ0n) is 8.04. The molecule has 16 heavy (non-hydrogen) atoms. The molecule has 0 amide bonds. The maximum absolute atomic E-state index is 12.1. The molecule has 0 aliphatic rings. The molecule has 0 aliphatic heterocycles. The van der Waals surface area contributed by atoms with Crippen LogP contribution in [0, 0.1) is 0 Å².